The van der Waals surface area contributed by atoms with Crippen LogP contribution in [0.25, 0.3) is 0 Å². The van der Waals surface area contributed by atoms with Gasteiger partial charge in [-0.25, -0.2) is 0 Å². The third kappa shape index (κ3) is 32.8. The van der Waals surface area contributed by atoms with Gasteiger partial charge in [-0.2, -0.15) is 0 Å². The fourth-order valence-electron chi connectivity index (χ4n) is 3.95. The molecule has 1 aliphatic rings. The minimum atomic E-state index is -1.08. The van der Waals surface area contributed by atoms with E-state index in [0.717, 1.165) is 53.1 Å². The van der Waals surface area contributed by atoms with E-state index < -0.39 is 11.9 Å². The summed E-state index contributed by atoms with van der Waals surface area (Å²) in [5.74, 6) is -2.25. The van der Waals surface area contributed by atoms with Crippen LogP contribution in [0.15, 0.2) is 117 Å². The van der Waals surface area contributed by atoms with Gasteiger partial charge in [0.05, 0.1) is 26.4 Å². The molecule has 4 aromatic carbocycles. The van der Waals surface area contributed by atoms with Crippen LogP contribution in [0, 0.1) is 0 Å². The number of aliphatic carboxylic acids is 2. The number of hydrogen-bond donors (Lipinski definition) is 0. The summed E-state index contributed by atoms with van der Waals surface area (Å²) < 4.78 is 9.89. The van der Waals surface area contributed by atoms with Gasteiger partial charge in [-0.15, -0.1) is 23.0 Å². The second kappa shape index (κ2) is 38.7. The summed E-state index contributed by atoms with van der Waals surface area (Å²) in [6, 6.07) is 27.2. The molecule has 0 aromatic heterocycles. The summed E-state index contributed by atoms with van der Waals surface area (Å²) in [6.45, 7) is 7.46. The first kappa shape index (κ1) is 58.5. The normalized spacial score (nSPS) is 11.4. The predicted molar refractivity (Wildman–Crippen MR) is 206 cm³/mol. The van der Waals surface area contributed by atoms with E-state index in [9.17, 15) is 20.4 Å². The molecule has 0 bridgehead atoms. The van der Waals surface area contributed by atoms with E-state index in [2.05, 4.69) is 20.0 Å². The van der Waals surface area contributed by atoms with Crippen molar-refractivity contribution in [3.63, 3.8) is 0 Å². The van der Waals surface area contributed by atoms with Gasteiger partial charge in [0.2, 0.25) is 0 Å². The number of benzene rings is 4. The van der Waals surface area contributed by atoms with Gasteiger partial charge in [0.25, 0.3) is 0 Å². The Labute approximate surface area is 377 Å². The van der Waals surface area contributed by atoms with Crippen LogP contribution < -0.4 is 30.6 Å². The number of carboxylic acid groups (broad SMARTS) is 2. The van der Waals surface area contributed by atoms with Crippen LogP contribution in [0.2, 0.25) is 0 Å². The molecule has 17 heteroatoms. The Morgan fingerprint density at radius 2 is 0.644 bits per heavy atom. The Morgan fingerprint density at radius 3 is 0.814 bits per heavy atom. The maximum Gasteiger partial charge on any atom is 2.00 e. The Hall–Kier alpha value is -4.82. The second-order valence-electron chi connectivity index (χ2n) is 11.2. The van der Waals surface area contributed by atoms with Crippen LogP contribution in [-0.4, -0.2) is 89.4 Å². The monoisotopic (exact) mass is 955 g/mol. The van der Waals surface area contributed by atoms with Crippen molar-refractivity contribution < 1.29 is 101 Å². The first-order valence-corrected chi connectivity index (χ1v) is 17.5. The van der Waals surface area contributed by atoms with Crippen molar-refractivity contribution in [1.82, 2.24) is 0 Å². The van der Waals surface area contributed by atoms with Crippen molar-refractivity contribution in [2.75, 3.05) is 52.6 Å². The van der Waals surface area contributed by atoms with Gasteiger partial charge in [-0.1, -0.05) is 97.1 Å². The molecule has 1 saturated heterocycles. The molecule has 14 nitrogen and oxygen atoms in total. The maximum atomic E-state index is 11.4. The number of aliphatic imine (C=N–C) groups is 4. The van der Waals surface area contributed by atoms with Crippen LogP contribution >= 0.6 is 0 Å². The summed E-state index contributed by atoms with van der Waals surface area (Å²) >= 11 is 0. The molecule has 0 saturated carbocycles. The average molecular weight is 957 g/mol. The molecule has 1 heterocycles. The van der Waals surface area contributed by atoms with E-state index in [1.165, 1.54) is 24.3 Å². The number of nitrogens with zero attached hydrogens (tertiary/aromatic N) is 4. The zero-order valence-corrected chi connectivity index (χ0v) is 35.2. The van der Waals surface area contributed by atoms with Crippen LogP contribution in [0.3, 0.4) is 0 Å². The summed E-state index contributed by atoms with van der Waals surface area (Å²) in [5, 5.41) is 63.5. The standard InChI is InChI=1S/2C17H18N2O2.C4H8O2.2C2H4O2.3Cu/c2*20-16-8-3-1-6-14(16)12-18-10-5-11-19-13-15-7-2-4-9-17(15)21;1-2-6-4-3-5-1;2*1-2(3)4;;;/h2*1-4,6-9,12-13,20-21H,5,10-11H2;1-4H2;2*1H3,(H,3,4);;;/q;;;;;3*+2/p-6. The van der Waals surface area contributed by atoms with Gasteiger partial charge in [-0.3, -0.25) is 20.0 Å². The molecule has 1 fully saturated rings. The van der Waals surface area contributed by atoms with Gasteiger partial charge >= 0.3 is 51.2 Å². The molecule has 3 radical (unpaired) electrons. The summed E-state index contributed by atoms with van der Waals surface area (Å²) in [7, 11) is 0. The fraction of sp³-hybridized carbons (Fsp3) is 0.286. The van der Waals surface area contributed by atoms with Crippen molar-refractivity contribution in [3.8, 4) is 23.0 Å². The zero-order valence-electron chi connectivity index (χ0n) is 32.4. The third-order valence-corrected chi connectivity index (χ3v) is 6.49. The van der Waals surface area contributed by atoms with E-state index in [1.54, 1.807) is 73.4 Å². The van der Waals surface area contributed by atoms with Crippen LogP contribution in [0.5, 0.6) is 23.0 Å². The molecule has 0 unspecified atom stereocenters. The van der Waals surface area contributed by atoms with Crippen LogP contribution in [-0.2, 0) is 70.3 Å². The topological polar surface area (TPSA) is 240 Å². The van der Waals surface area contributed by atoms with Crippen molar-refractivity contribution in [1.29, 1.82) is 0 Å². The quantitative estimate of drug-likeness (QED) is 0.111. The molecule has 0 aliphatic carbocycles. The molecule has 1 aliphatic heterocycles. The number of carbonyl (C=O) groups is 2. The molecule has 0 atom stereocenters. The number of rotatable bonds is 12. The largest absolute Gasteiger partial charge is 2.00 e. The van der Waals surface area contributed by atoms with E-state index in [-0.39, 0.29) is 74.2 Å². The maximum absolute atomic E-state index is 11.4. The number of carboxylic acids is 2. The first-order chi connectivity index (χ1) is 27.0. The van der Waals surface area contributed by atoms with E-state index in [0.29, 0.717) is 48.4 Å². The van der Waals surface area contributed by atoms with Gasteiger partial charge < -0.3 is 49.7 Å². The van der Waals surface area contributed by atoms with Crippen molar-refractivity contribution >= 4 is 36.8 Å². The molecule has 0 amide bonds. The molecule has 5 rings (SSSR count). The number of carbonyl (C=O) groups excluding carboxylic acids is 2. The molecule has 0 N–H and O–H groups in total. The van der Waals surface area contributed by atoms with Crippen LogP contribution in [0.1, 0.15) is 48.9 Å². The minimum Gasteiger partial charge on any atom is -0.872 e. The zero-order chi connectivity index (χ0) is 41.2. The SMILES string of the molecule is C1COCCO1.CC(=O)[O-].CC(=O)[O-].[Cu+2].[Cu+2].[Cu+2].[O-]c1ccccc1C=NCCCN=Cc1ccccc1[O-].[O-]c1ccccc1C=NCCCN=Cc1ccccc1[O-]. The van der Waals surface area contributed by atoms with Gasteiger partial charge in [0.15, 0.2) is 0 Å². The van der Waals surface area contributed by atoms with Crippen LogP contribution in [0.4, 0.5) is 0 Å². The number of hydrogen-bond acceptors (Lipinski definition) is 14. The van der Waals surface area contributed by atoms with Crippen molar-refractivity contribution in [3.05, 3.63) is 119 Å². The summed E-state index contributed by atoms with van der Waals surface area (Å²) in [5.41, 5.74) is 2.39. The fourth-order valence-corrected chi connectivity index (χ4v) is 3.95. The minimum absolute atomic E-state index is 0. The third-order valence-electron chi connectivity index (χ3n) is 6.49. The average Bonchev–Trinajstić information content (AvgIpc) is 3.17. The Bertz CT molecular complexity index is 1570. The Morgan fingerprint density at radius 1 is 0.458 bits per heavy atom. The molecule has 59 heavy (non-hydrogen) atoms. The molecule has 0 spiro atoms. The first-order valence-electron chi connectivity index (χ1n) is 17.5. The molecule has 327 valence electrons. The number of ether oxygens (including phenoxy) is 2. The second-order valence-corrected chi connectivity index (χ2v) is 11.2. The molecular formula is C42H46Cu3N4O10. The Balaban J connectivity index is -0.000000773. The Kier molecular flexibility index (Phi) is 38.4. The smallest absolute Gasteiger partial charge is 0.872 e. The predicted octanol–water partition coefficient (Wildman–Crippen LogP) is 1.06. The molecule has 4 aromatic rings. The number of para-hydroxylation sites is 4. The van der Waals surface area contributed by atoms with E-state index in [4.69, 9.17) is 29.3 Å². The van der Waals surface area contributed by atoms with E-state index >= 15 is 0 Å². The van der Waals surface area contributed by atoms with Crippen molar-refractivity contribution in [2.24, 2.45) is 20.0 Å². The van der Waals surface area contributed by atoms with E-state index in [1.807, 2.05) is 24.3 Å². The van der Waals surface area contributed by atoms with Gasteiger partial charge in [0, 0.05) is 63.0 Å². The van der Waals surface area contributed by atoms with Gasteiger partial charge in [0.1, 0.15) is 0 Å². The van der Waals surface area contributed by atoms with Gasteiger partial charge in [-0.05, 0) is 48.9 Å². The molecular weight excluding hydrogens is 911 g/mol. The summed E-state index contributed by atoms with van der Waals surface area (Å²) in [4.78, 5) is 34.6. The van der Waals surface area contributed by atoms with Crippen molar-refractivity contribution in [2.45, 2.75) is 26.7 Å². The summed E-state index contributed by atoms with van der Waals surface area (Å²) in [6.07, 6.45) is 7.93.